The highest BCUT2D eigenvalue weighted by atomic mass is 32.2. The summed E-state index contributed by atoms with van der Waals surface area (Å²) < 4.78 is 36.4. The van der Waals surface area contributed by atoms with E-state index in [2.05, 4.69) is 33.0 Å². The smallest absolute Gasteiger partial charge is 0.243 e. The number of sulfonamides is 1. The Morgan fingerprint density at radius 2 is 1.80 bits per heavy atom. The number of hydrogen-bond acceptors (Lipinski definition) is 5. The van der Waals surface area contributed by atoms with E-state index in [1.807, 2.05) is 37.4 Å². The minimum absolute atomic E-state index is 0.0441. The third kappa shape index (κ3) is 5.74. The maximum atomic E-state index is 13.7. The van der Waals surface area contributed by atoms with Crippen molar-refractivity contribution in [3.63, 3.8) is 0 Å². The van der Waals surface area contributed by atoms with Crippen LogP contribution in [-0.4, -0.2) is 67.0 Å². The molecule has 8 nitrogen and oxygen atoms in total. The monoisotopic (exact) mass is 562 g/mol. The molecule has 0 radical (unpaired) electrons. The van der Waals surface area contributed by atoms with Gasteiger partial charge in [-0.15, -0.1) is 0 Å². The molecule has 1 fully saturated rings. The van der Waals surface area contributed by atoms with Gasteiger partial charge >= 0.3 is 0 Å². The minimum Gasteiger partial charge on any atom is -0.379 e. The van der Waals surface area contributed by atoms with Crippen molar-refractivity contribution in [2.45, 2.75) is 62.7 Å². The molecule has 0 saturated carbocycles. The first-order valence-corrected chi connectivity index (χ1v) is 15.7. The van der Waals surface area contributed by atoms with Gasteiger partial charge < -0.3 is 14.6 Å². The van der Waals surface area contributed by atoms with Crippen LogP contribution in [0.5, 0.6) is 0 Å². The molecule has 1 amide bonds. The van der Waals surface area contributed by atoms with Gasteiger partial charge in [-0.3, -0.25) is 9.69 Å². The first-order chi connectivity index (χ1) is 19.4. The third-order valence-electron chi connectivity index (χ3n) is 8.50. The predicted molar refractivity (Wildman–Crippen MR) is 153 cm³/mol. The van der Waals surface area contributed by atoms with Gasteiger partial charge in [-0.2, -0.15) is 4.31 Å². The maximum absolute atomic E-state index is 13.7. The fourth-order valence-corrected chi connectivity index (χ4v) is 7.88. The molecule has 3 aliphatic rings. The van der Waals surface area contributed by atoms with Crippen molar-refractivity contribution in [2.75, 3.05) is 32.8 Å². The Labute approximate surface area is 237 Å². The topological polar surface area (TPSA) is 83.9 Å². The Bertz CT molecular complexity index is 1460. The number of carbonyl (C=O) groups excluding carboxylic acids is 1. The number of nitrogens with zero attached hydrogens (tertiary/aromatic N) is 3. The molecule has 1 aliphatic carbocycles. The van der Waals surface area contributed by atoms with E-state index in [1.165, 1.54) is 21.0 Å². The SMILES string of the molecule is Cc1ccc(S(=O)(=O)N2CCn3cccc3C2CC(=O)NC2CCc3cc(CN4CCOCC4)ccc3C2)cc1. The van der Waals surface area contributed by atoms with Crippen molar-refractivity contribution in [1.29, 1.82) is 0 Å². The van der Waals surface area contributed by atoms with Gasteiger partial charge in [-0.1, -0.05) is 35.9 Å². The lowest BCUT2D eigenvalue weighted by Gasteiger charge is -2.36. The molecule has 9 heteroatoms. The fourth-order valence-electron chi connectivity index (χ4n) is 6.29. The highest BCUT2D eigenvalue weighted by Gasteiger charge is 2.38. The highest BCUT2D eigenvalue weighted by Crippen LogP contribution is 2.34. The number of hydrogen-bond donors (Lipinski definition) is 1. The molecular weight excluding hydrogens is 524 g/mol. The Kier molecular flexibility index (Phi) is 7.81. The molecule has 212 valence electrons. The molecule has 0 spiro atoms. The Morgan fingerprint density at radius 1 is 1.00 bits per heavy atom. The largest absolute Gasteiger partial charge is 0.379 e. The summed E-state index contributed by atoms with van der Waals surface area (Å²) in [6.07, 6.45) is 4.66. The number of carbonyl (C=O) groups is 1. The van der Waals surface area contributed by atoms with Crippen LogP contribution in [-0.2, 0) is 45.5 Å². The van der Waals surface area contributed by atoms with Crippen LogP contribution in [0.25, 0.3) is 0 Å². The van der Waals surface area contributed by atoms with Crippen LogP contribution in [0.2, 0.25) is 0 Å². The molecule has 1 aromatic heterocycles. The minimum atomic E-state index is -3.75. The lowest BCUT2D eigenvalue weighted by molar-refractivity contribution is -0.123. The Balaban J connectivity index is 1.13. The van der Waals surface area contributed by atoms with Crippen LogP contribution in [0.4, 0.5) is 0 Å². The number of aryl methyl sites for hydroxylation is 2. The highest BCUT2D eigenvalue weighted by molar-refractivity contribution is 7.89. The quantitative estimate of drug-likeness (QED) is 0.477. The number of aromatic nitrogens is 1. The van der Waals surface area contributed by atoms with E-state index in [0.717, 1.165) is 63.4 Å². The van der Waals surface area contributed by atoms with Crippen LogP contribution < -0.4 is 5.32 Å². The van der Waals surface area contributed by atoms with Gasteiger partial charge in [-0.05, 0) is 67.1 Å². The zero-order valence-electron chi connectivity index (χ0n) is 23.1. The van der Waals surface area contributed by atoms with Crippen molar-refractivity contribution in [1.82, 2.24) is 19.1 Å². The Hall–Kier alpha value is -2.98. The van der Waals surface area contributed by atoms with Gasteiger partial charge in [-0.25, -0.2) is 8.42 Å². The van der Waals surface area contributed by atoms with Crippen LogP contribution >= 0.6 is 0 Å². The molecule has 40 heavy (non-hydrogen) atoms. The van der Waals surface area contributed by atoms with Crippen molar-refractivity contribution >= 4 is 15.9 Å². The van der Waals surface area contributed by atoms with E-state index in [9.17, 15) is 13.2 Å². The summed E-state index contributed by atoms with van der Waals surface area (Å²) in [5.74, 6) is -0.110. The van der Waals surface area contributed by atoms with Gasteiger partial charge in [0.25, 0.3) is 0 Å². The summed E-state index contributed by atoms with van der Waals surface area (Å²) in [4.78, 5) is 16.1. The number of fused-ring (bicyclic) bond motifs is 2. The lowest BCUT2D eigenvalue weighted by Crippen LogP contribution is -2.45. The van der Waals surface area contributed by atoms with Crippen LogP contribution in [0.3, 0.4) is 0 Å². The fraction of sp³-hybridized carbons (Fsp3) is 0.452. The molecule has 3 aromatic rings. The van der Waals surface area contributed by atoms with E-state index >= 15 is 0 Å². The van der Waals surface area contributed by atoms with E-state index in [0.29, 0.717) is 13.1 Å². The number of rotatable bonds is 7. The van der Waals surface area contributed by atoms with E-state index in [4.69, 9.17) is 4.74 Å². The molecule has 2 unspecified atom stereocenters. The molecule has 2 atom stereocenters. The van der Waals surface area contributed by atoms with Gasteiger partial charge in [0.2, 0.25) is 15.9 Å². The summed E-state index contributed by atoms with van der Waals surface area (Å²) in [7, 11) is -3.75. The van der Waals surface area contributed by atoms with Crippen LogP contribution in [0, 0.1) is 6.92 Å². The van der Waals surface area contributed by atoms with Crippen molar-refractivity contribution in [2.24, 2.45) is 0 Å². The second-order valence-corrected chi connectivity index (χ2v) is 13.2. The van der Waals surface area contributed by atoms with Gasteiger partial charge in [0.15, 0.2) is 0 Å². The summed E-state index contributed by atoms with van der Waals surface area (Å²) >= 11 is 0. The van der Waals surface area contributed by atoms with E-state index in [-0.39, 0.29) is 23.3 Å². The Morgan fingerprint density at radius 3 is 2.60 bits per heavy atom. The van der Waals surface area contributed by atoms with Gasteiger partial charge in [0.1, 0.15) is 0 Å². The van der Waals surface area contributed by atoms with Crippen LogP contribution in [0.15, 0.2) is 65.7 Å². The second-order valence-electron chi connectivity index (χ2n) is 11.3. The summed E-state index contributed by atoms with van der Waals surface area (Å²) in [6, 6.07) is 17.0. The number of benzene rings is 2. The van der Waals surface area contributed by atoms with Crippen molar-refractivity contribution in [3.8, 4) is 0 Å². The van der Waals surface area contributed by atoms with Crippen LogP contribution in [0.1, 0.15) is 46.8 Å². The molecule has 6 rings (SSSR count). The first-order valence-electron chi connectivity index (χ1n) is 14.3. The zero-order valence-corrected chi connectivity index (χ0v) is 23.9. The van der Waals surface area contributed by atoms with E-state index in [1.54, 1.807) is 12.1 Å². The molecule has 0 bridgehead atoms. The van der Waals surface area contributed by atoms with Gasteiger partial charge in [0.05, 0.1) is 24.2 Å². The number of morpholine rings is 1. The molecule has 3 heterocycles. The maximum Gasteiger partial charge on any atom is 0.243 e. The van der Waals surface area contributed by atoms with E-state index < -0.39 is 16.1 Å². The summed E-state index contributed by atoms with van der Waals surface area (Å²) in [5, 5.41) is 3.24. The number of ether oxygens (including phenoxy) is 1. The average molecular weight is 563 g/mol. The third-order valence-corrected chi connectivity index (χ3v) is 10.4. The van der Waals surface area contributed by atoms with Gasteiger partial charge in [0, 0.05) is 57.1 Å². The molecule has 1 N–H and O–H groups in total. The summed E-state index contributed by atoms with van der Waals surface area (Å²) in [5.41, 5.74) is 5.86. The lowest BCUT2D eigenvalue weighted by atomic mass is 9.87. The summed E-state index contributed by atoms with van der Waals surface area (Å²) in [6.45, 7) is 7.33. The number of amides is 1. The van der Waals surface area contributed by atoms with Crippen molar-refractivity contribution < 1.29 is 17.9 Å². The molecule has 1 saturated heterocycles. The zero-order chi connectivity index (χ0) is 27.7. The number of nitrogens with one attached hydrogen (secondary N) is 1. The molecule has 2 aliphatic heterocycles. The average Bonchev–Trinajstić information content (AvgIpc) is 3.44. The normalized spacial score (nSPS) is 21.9. The second kappa shape index (κ2) is 11.5. The standard InChI is InChI=1S/C31H38N4O4S/c1-23-4-10-28(11-5-23)40(37,38)35-14-13-34-12-2-3-29(34)30(35)21-31(36)32-27-9-8-25-19-24(6-7-26(25)20-27)22-33-15-17-39-18-16-33/h2-7,10-12,19,27,30H,8-9,13-18,20-22H2,1H3,(H,32,36). The van der Waals surface area contributed by atoms with Crippen molar-refractivity contribution in [3.05, 3.63) is 88.7 Å². The first kappa shape index (κ1) is 27.2. The predicted octanol–water partition coefficient (Wildman–Crippen LogP) is 3.44. The molecule has 2 aromatic carbocycles. The molecular formula is C31H38N4O4S.